The van der Waals surface area contributed by atoms with Crippen molar-refractivity contribution in [2.45, 2.75) is 59.0 Å². The fourth-order valence-electron chi connectivity index (χ4n) is 4.44. The molecule has 6 heteroatoms. The quantitative estimate of drug-likeness (QED) is 0.628. The van der Waals surface area contributed by atoms with Gasteiger partial charge in [0.15, 0.2) is 0 Å². The third-order valence-corrected chi connectivity index (χ3v) is 6.17. The van der Waals surface area contributed by atoms with Crippen LogP contribution in [0.2, 0.25) is 0 Å². The minimum atomic E-state index is -0.189. The molecule has 0 bridgehead atoms. The summed E-state index contributed by atoms with van der Waals surface area (Å²) in [6.07, 6.45) is 1.88. The molecule has 4 rings (SSSR count). The predicted octanol–water partition coefficient (Wildman–Crippen LogP) is 4.40. The lowest BCUT2D eigenvalue weighted by Gasteiger charge is -2.32. The summed E-state index contributed by atoms with van der Waals surface area (Å²) in [5.41, 5.74) is 4.81. The van der Waals surface area contributed by atoms with E-state index < -0.39 is 0 Å². The highest BCUT2D eigenvalue weighted by molar-refractivity contribution is 5.90. The highest BCUT2D eigenvalue weighted by Gasteiger charge is 2.24. The number of amides is 1. The van der Waals surface area contributed by atoms with Crippen molar-refractivity contribution in [3.63, 3.8) is 0 Å². The van der Waals surface area contributed by atoms with Crippen LogP contribution in [0.3, 0.4) is 0 Å². The van der Waals surface area contributed by atoms with E-state index in [4.69, 9.17) is 0 Å². The molecule has 1 N–H and O–H groups in total. The predicted molar refractivity (Wildman–Crippen MR) is 127 cm³/mol. The standard InChI is InChI=1S/C26H33N5O/c1-18(2)23-10-5-6-11-24(23)31-20(4)27-25(29-31)26(32)28-22-12-14-30(15-13-22)17-21-9-7-8-19(3)16-21/h5-11,16,18,22H,12-15,17H2,1-4H3,(H,28,32). The molecule has 32 heavy (non-hydrogen) atoms. The van der Waals surface area contributed by atoms with Gasteiger partial charge < -0.3 is 5.32 Å². The van der Waals surface area contributed by atoms with Crippen molar-refractivity contribution in [2.75, 3.05) is 13.1 Å². The number of aromatic nitrogens is 3. The van der Waals surface area contributed by atoms with Gasteiger partial charge >= 0.3 is 0 Å². The fourth-order valence-corrected chi connectivity index (χ4v) is 4.44. The molecule has 6 nitrogen and oxygen atoms in total. The Hall–Kier alpha value is -2.99. The number of nitrogens with zero attached hydrogens (tertiary/aromatic N) is 4. The highest BCUT2D eigenvalue weighted by atomic mass is 16.2. The van der Waals surface area contributed by atoms with Crippen LogP contribution in [0.25, 0.3) is 5.69 Å². The highest BCUT2D eigenvalue weighted by Crippen LogP contribution is 2.23. The van der Waals surface area contributed by atoms with E-state index >= 15 is 0 Å². The number of benzene rings is 2. The van der Waals surface area contributed by atoms with Crippen LogP contribution >= 0.6 is 0 Å². The summed E-state index contributed by atoms with van der Waals surface area (Å²) in [6, 6.07) is 17.0. The van der Waals surface area contributed by atoms with Crippen LogP contribution in [-0.4, -0.2) is 44.7 Å². The Morgan fingerprint density at radius 1 is 1.09 bits per heavy atom. The number of hydrogen-bond donors (Lipinski definition) is 1. The number of piperidine rings is 1. The Kier molecular flexibility index (Phi) is 6.70. The molecule has 0 unspecified atom stereocenters. The van der Waals surface area contributed by atoms with Crippen LogP contribution in [0.15, 0.2) is 48.5 Å². The molecule has 168 valence electrons. The number of hydrogen-bond acceptors (Lipinski definition) is 4. The Morgan fingerprint density at radius 2 is 1.84 bits per heavy atom. The van der Waals surface area contributed by atoms with Crippen LogP contribution in [0.5, 0.6) is 0 Å². The maximum atomic E-state index is 12.9. The molecule has 3 aromatic rings. The average molecular weight is 432 g/mol. The van der Waals surface area contributed by atoms with Crippen LogP contribution < -0.4 is 5.32 Å². The Bertz CT molecular complexity index is 1080. The molecule has 1 aliphatic heterocycles. The second-order valence-corrected chi connectivity index (χ2v) is 9.12. The van der Waals surface area contributed by atoms with Crippen molar-refractivity contribution in [3.05, 3.63) is 76.9 Å². The van der Waals surface area contributed by atoms with E-state index in [2.05, 4.69) is 71.4 Å². The first kappa shape index (κ1) is 22.2. The Balaban J connectivity index is 1.37. The monoisotopic (exact) mass is 431 g/mol. The number of rotatable bonds is 6. The van der Waals surface area contributed by atoms with E-state index in [1.165, 1.54) is 16.7 Å². The largest absolute Gasteiger partial charge is 0.346 e. The van der Waals surface area contributed by atoms with Gasteiger partial charge in [-0.25, -0.2) is 9.67 Å². The molecule has 1 aliphatic rings. The second-order valence-electron chi connectivity index (χ2n) is 9.12. The molecule has 0 atom stereocenters. The fraction of sp³-hybridized carbons (Fsp3) is 0.423. The Morgan fingerprint density at radius 3 is 2.56 bits per heavy atom. The summed E-state index contributed by atoms with van der Waals surface area (Å²) in [5.74, 6) is 1.13. The third-order valence-electron chi connectivity index (χ3n) is 6.17. The molecule has 2 aromatic carbocycles. The maximum absolute atomic E-state index is 12.9. The van der Waals surface area contributed by atoms with Gasteiger partial charge in [-0.15, -0.1) is 5.10 Å². The molecule has 1 fully saturated rings. The molecule has 0 aliphatic carbocycles. The molecule has 1 aromatic heterocycles. The zero-order valence-corrected chi connectivity index (χ0v) is 19.5. The summed E-state index contributed by atoms with van der Waals surface area (Å²) in [5, 5.41) is 7.70. The zero-order valence-electron chi connectivity index (χ0n) is 19.5. The van der Waals surface area contributed by atoms with E-state index in [0.717, 1.165) is 44.0 Å². The number of aryl methyl sites for hydroxylation is 2. The SMILES string of the molecule is Cc1cccc(CN2CCC(NC(=O)c3nc(C)n(-c4ccccc4C(C)C)n3)CC2)c1. The van der Waals surface area contributed by atoms with Gasteiger partial charge in [0.05, 0.1) is 5.69 Å². The Labute approximate surface area is 190 Å². The van der Waals surface area contributed by atoms with Crippen molar-refractivity contribution in [2.24, 2.45) is 0 Å². The van der Waals surface area contributed by atoms with Crippen molar-refractivity contribution in [1.82, 2.24) is 25.0 Å². The molecule has 1 amide bonds. The topological polar surface area (TPSA) is 63.1 Å². The summed E-state index contributed by atoms with van der Waals surface area (Å²) < 4.78 is 1.79. The summed E-state index contributed by atoms with van der Waals surface area (Å²) >= 11 is 0. The maximum Gasteiger partial charge on any atom is 0.291 e. The molecule has 2 heterocycles. The molecular weight excluding hydrogens is 398 g/mol. The van der Waals surface area contributed by atoms with Crippen molar-refractivity contribution in [3.8, 4) is 5.69 Å². The molecule has 0 radical (unpaired) electrons. The molecule has 0 spiro atoms. The van der Waals surface area contributed by atoms with Crippen LogP contribution in [0.4, 0.5) is 0 Å². The number of para-hydroxylation sites is 1. The van der Waals surface area contributed by atoms with Gasteiger partial charge in [-0.1, -0.05) is 61.9 Å². The third kappa shape index (κ3) is 5.07. The molecule has 0 saturated carbocycles. The average Bonchev–Trinajstić information content (AvgIpc) is 3.17. The van der Waals surface area contributed by atoms with Crippen molar-refractivity contribution >= 4 is 5.91 Å². The lowest BCUT2D eigenvalue weighted by Crippen LogP contribution is -2.44. The first-order valence-corrected chi connectivity index (χ1v) is 11.5. The minimum Gasteiger partial charge on any atom is -0.346 e. The van der Waals surface area contributed by atoms with Gasteiger partial charge in [-0.2, -0.15) is 0 Å². The first-order chi connectivity index (χ1) is 15.4. The number of carbonyl (C=O) groups is 1. The van der Waals surface area contributed by atoms with Gasteiger partial charge in [-0.05, 0) is 49.8 Å². The smallest absolute Gasteiger partial charge is 0.291 e. The summed E-state index contributed by atoms with van der Waals surface area (Å²) in [7, 11) is 0. The molecular formula is C26H33N5O. The minimum absolute atomic E-state index is 0.159. The number of carbonyl (C=O) groups excluding carboxylic acids is 1. The van der Waals surface area contributed by atoms with Crippen molar-refractivity contribution < 1.29 is 4.79 Å². The van der Waals surface area contributed by atoms with Crippen molar-refractivity contribution in [1.29, 1.82) is 0 Å². The second kappa shape index (κ2) is 9.65. The summed E-state index contributed by atoms with van der Waals surface area (Å²) in [4.78, 5) is 19.8. The first-order valence-electron chi connectivity index (χ1n) is 11.5. The van der Waals surface area contributed by atoms with Gasteiger partial charge in [0, 0.05) is 25.7 Å². The lowest BCUT2D eigenvalue weighted by molar-refractivity contribution is 0.0898. The normalized spacial score (nSPS) is 15.3. The molecule has 1 saturated heterocycles. The number of likely N-dealkylation sites (tertiary alicyclic amines) is 1. The van der Waals surface area contributed by atoms with Crippen LogP contribution in [0.1, 0.15) is 65.7 Å². The van der Waals surface area contributed by atoms with E-state index in [1.807, 2.05) is 25.1 Å². The van der Waals surface area contributed by atoms with E-state index in [-0.39, 0.29) is 17.8 Å². The van der Waals surface area contributed by atoms with Gasteiger partial charge in [-0.3, -0.25) is 9.69 Å². The van der Waals surface area contributed by atoms with E-state index in [1.54, 1.807) is 4.68 Å². The van der Waals surface area contributed by atoms with Gasteiger partial charge in [0.1, 0.15) is 5.82 Å². The number of nitrogens with one attached hydrogen (secondary N) is 1. The van der Waals surface area contributed by atoms with E-state index in [0.29, 0.717) is 5.92 Å². The van der Waals surface area contributed by atoms with Gasteiger partial charge in [0.25, 0.3) is 5.91 Å². The van der Waals surface area contributed by atoms with Crippen LogP contribution in [0, 0.1) is 13.8 Å². The lowest BCUT2D eigenvalue weighted by atomic mass is 10.0. The van der Waals surface area contributed by atoms with Crippen LogP contribution in [-0.2, 0) is 6.54 Å². The van der Waals surface area contributed by atoms with E-state index in [9.17, 15) is 4.79 Å². The summed E-state index contributed by atoms with van der Waals surface area (Å²) in [6.45, 7) is 11.2. The zero-order chi connectivity index (χ0) is 22.7. The van der Waals surface area contributed by atoms with Gasteiger partial charge in [0.2, 0.25) is 5.82 Å².